The van der Waals surface area contributed by atoms with Crippen LogP contribution in [-0.2, 0) is 13.2 Å². The zero-order valence-electron chi connectivity index (χ0n) is 15.1. The standard InChI is InChI=1S/C20H21FN4S2/c1-14-4-2-3-5-18(14)22-19-23-25(20(26)27-19)13-24(17-10-11-17)12-15-6-8-16(21)9-7-15/h2-9,17H,10-13H2,1H3,(H,22,23). The number of rotatable bonds is 7. The summed E-state index contributed by atoms with van der Waals surface area (Å²) in [6, 6.07) is 15.4. The zero-order valence-corrected chi connectivity index (χ0v) is 16.7. The second-order valence-corrected chi connectivity index (χ2v) is 8.48. The average Bonchev–Trinajstić information content (AvgIpc) is 3.44. The highest BCUT2D eigenvalue weighted by Gasteiger charge is 2.29. The summed E-state index contributed by atoms with van der Waals surface area (Å²) in [5.41, 5.74) is 3.31. The molecule has 2 aromatic carbocycles. The molecule has 0 aliphatic heterocycles. The largest absolute Gasteiger partial charge is 0.330 e. The molecule has 1 aliphatic rings. The molecular formula is C20H21FN4S2. The Hall–Kier alpha value is -2.09. The van der Waals surface area contributed by atoms with Crippen LogP contribution in [-0.4, -0.2) is 20.7 Å². The number of benzene rings is 2. The van der Waals surface area contributed by atoms with Crippen LogP contribution in [0.3, 0.4) is 0 Å². The Labute approximate surface area is 167 Å². The lowest BCUT2D eigenvalue weighted by molar-refractivity contribution is 0.187. The number of aryl methyl sites for hydroxylation is 1. The lowest BCUT2D eigenvalue weighted by atomic mass is 10.2. The van der Waals surface area contributed by atoms with Gasteiger partial charge in [-0.25, -0.2) is 9.07 Å². The van der Waals surface area contributed by atoms with Crippen molar-refractivity contribution in [2.24, 2.45) is 0 Å². The average molecular weight is 401 g/mol. The van der Waals surface area contributed by atoms with E-state index in [1.165, 1.54) is 41.9 Å². The quantitative estimate of drug-likeness (QED) is 0.532. The van der Waals surface area contributed by atoms with Gasteiger partial charge in [-0.05, 0) is 61.3 Å². The first kappa shape index (κ1) is 18.3. The number of hydrogen-bond acceptors (Lipinski definition) is 5. The highest BCUT2D eigenvalue weighted by atomic mass is 32.1. The Balaban J connectivity index is 1.49. The summed E-state index contributed by atoms with van der Waals surface area (Å²) in [5.74, 6) is -0.203. The fourth-order valence-electron chi connectivity index (χ4n) is 3.01. The van der Waals surface area contributed by atoms with Gasteiger partial charge >= 0.3 is 0 Å². The van der Waals surface area contributed by atoms with Gasteiger partial charge in [0.05, 0.1) is 6.67 Å². The molecule has 4 nitrogen and oxygen atoms in total. The van der Waals surface area contributed by atoms with Crippen molar-refractivity contribution in [3.05, 3.63) is 69.4 Å². The van der Waals surface area contributed by atoms with Crippen molar-refractivity contribution in [2.45, 2.75) is 39.0 Å². The Morgan fingerprint density at radius 3 is 2.67 bits per heavy atom. The number of halogens is 1. The second-order valence-electron chi connectivity index (χ2n) is 6.86. The molecule has 0 spiro atoms. The summed E-state index contributed by atoms with van der Waals surface area (Å²) in [6.45, 7) is 3.48. The summed E-state index contributed by atoms with van der Waals surface area (Å²) in [6.07, 6.45) is 2.37. The van der Waals surface area contributed by atoms with Crippen LogP contribution in [0.5, 0.6) is 0 Å². The van der Waals surface area contributed by atoms with Gasteiger partial charge < -0.3 is 5.32 Å². The minimum atomic E-state index is -0.203. The van der Waals surface area contributed by atoms with E-state index in [2.05, 4.69) is 28.3 Å². The monoisotopic (exact) mass is 400 g/mol. The van der Waals surface area contributed by atoms with Gasteiger partial charge in [-0.15, -0.1) is 5.10 Å². The molecule has 27 heavy (non-hydrogen) atoms. The summed E-state index contributed by atoms with van der Waals surface area (Å²) in [4.78, 5) is 2.36. The molecule has 0 saturated heterocycles. The van der Waals surface area contributed by atoms with Gasteiger partial charge in [0, 0.05) is 18.3 Å². The predicted octanol–water partition coefficient (Wildman–Crippen LogP) is 5.49. The number of aromatic nitrogens is 2. The summed E-state index contributed by atoms with van der Waals surface area (Å²) >= 11 is 7.01. The second kappa shape index (κ2) is 7.88. The van der Waals surface area contributed by atoms with Gasteiger partial charge in [0.15, 0.2) is 3.95 Å². The normalized spacial score (nSPS) is 13.9. The van der Waals surface area contributed by atoms with Crippen molar-refractivity contribution in [3.63, 3.8) is 0 Å². The van der Waals surface area contributed by atoms with Gasteiger partial charge in [-0.1, -0.05) is 41.7 Å². The summed E-state index contributed by atoms with van der Waals surface area (Å²) in [5, 5.41) is 8.84. The van der Waals surface area contributed by atoms with Crippen molar-refractivity contribution < 1.29 is 4.39 Å². The first-order valence-corrected chi connectivity index (χ1v) is 10.2. The maximum atomic E-state index is 13.2. The maximum absolute atomic E-state index is 13.2. The maximum Gasteiger partial charge on any atom is 0.209 e. The molecule has 1 aliphatic carbocycles. The van der Waals surface area contributed by atoms with Crippen LogP contribution in [0.15, 0.2) is 48.5 Å². The molecule has 7 heteroatoms. The lowest BCUT2D eigenvalue weighted by Crippen LogP contribution is -2.28. The van der Waals surface area contributed by atoms with E-state index in [9.17, 15) is 4.39 Å². The van der Waals surface area contributed by atoms with Crippen LogP contribution in [0.4, 0.5) is 15.2 Å². The van der Waals surface area contributed by atoms with Gasteiger partial charge in [0.2, 0.25) is 5.13 Å². The summed E-state index contributed by atoms with van der Waals surface area (Å²) < 4.78 is 15.8. The topological polar surface area (TPSA) is 33.1 Å². The molecule has 1 saturated carbocycles. The van der Waals surface area contributed by atoms with Gasteiger partial charge in [0.25, 0.3) is 0 Å². The fourth-order valence-corrected chi connectivity index (χ4v) is 4.01. The summed E-state index contributed by atoms with van der Waals surface area (Å²) in [7, 11) is 0. The molecule has 0 amide bonds. The van der Waals surface area contributed by atoms with Gasteiger partial charge in [0.1, 0.15) is 5.82 Å². The van der Waals surface area contributed by atoms with Crippen molar-refractivity contribution >= 4 is 34.4 Å². The number of anilines is 2. The van der Waals surface area contributed by atoms with Crippen molar-refractivity contribution in [2.75, 3.05) is 5.32 Å². The number of nitrogens with zero attached hydrogens (tertiary/aromatic N) is 3. The molecule has 1 aromatic heterocycles. The van der Waals surface area contributed by atoms with E-state index < -0.39 is 0 Å². The SMILES string of the molecule is Cc1ccccc1Nc1nn(CN(Cc2ccc(F)cc2)C2CC2)c(=S)s1. The van der Waals surface area contributed by atoms with Gasteiger partial charge in [-0.3, -0.25) is 4.90 Å². The first-order chi connectivity index (χ1) is 13.1. The van der Waals surface area contributed by atoms with Crippen LogP contribution in [0, 0.1) is 16.7 Å². The molecule has 3 aromatic rings. The van der Waals surface area contributed by atoms with E-state index >= 15 is 0 Å². The molecule has 4 rings (SSSR count). The highest BCUT2D eigenvalue weighted by molar-refractivity contribution is 7.73. The predicted molar refractivity (Wildman–Crippen MR) is 110 cm³/mol. The minimum Gasteiger partial charge on any atom is -0.330 e. The van der Waals surface area contributed by atoms with Crippen LogP contribution < -0.4 is 5.32 Å². The Morgan fingerprint density at radius 1 is 1.22 bits per heavy atom. The number of nitrogens with one attached hydrogen (secondary N) is 1. The van der Waals surface area contributed by atoms with Crippen molar-refractivity contribution in [3.8, 4) is 0 Å². The van der Waals surface area contributed by atoms with E-state index in [1.807, 2.05) is 35.0 Å². The third-order valence-corrected chi connectivity index (χ3v) is 5.89. The zero-order chi connectivity index (χ0) is 18.8. The smallest absolute Gasteiger partial charge is 0.209 e. The van der Waals surface area contributed by atoms with E-state index in [-0.39, 0.29) is 5.82 Å². The third kappa shape index (κ3) is 4.61. The number of para-hydroxylation sites is 1. The Kier molecular flexibility index (Phi) is 5.33. The molecule has 0 bridgehead atoms. The van der Waals surface area contributed by atoms with Crippen LogP contribution in [0.2, 0.25) is 0 Å². The van der Waals surface area contributed by atoms with E-state index in [0.717, 1.165) is 26.9 Å². The van der Waals surface area contributed by atoms with E-state index in [4.69, 9.17) is 12.2 Å². The molecule has 1 N–H and O–H groups in total. The van der Waals surface area contributed by atoms with E-state index in [0.29, 0.717) is 12.7 Å². The highest BCUT2D eigenvalue weighted by Crippen LogP contribution is 2.30. The van der Waals surface area contributed by atoms with E-state index in [1.54, 1.807) is 0 Å². The Morgan fingerprint density at radius 2 is 1.96 bits per heavy atom. The molecule has 0 atom stereocenters. The van der Waals surface area contributed by atoms with Crippen LogP contribution >= 0.6 is 23.6 Å². The van der Waals surface area contributed by atoms with Crippen molar-refractivity contribution in [1.29, 1.82) is 0 Å². The van der Waals surface area contributed by atoms with Crippen LogP contribution in [0.25, 0.3) is 0 Å². The van der Waals surface area contributed by atoms with Gasteiger partial charge in [-0.2, -0.15) is 0 Å². The molecule has 0 unspecified atom stereocenters. The third-order valence-electron chi connectivity index (χ3n) is 4.67. The van der Waals surface area contributed by atoms with Crippen LogP contribution in [0.1, 0.15) is 24.0 Å². The minimum absolute atomic E-state index is 0.203. The molecule has 0 radical (unpaired) electrons. The fraction of sp³-hybridized carbons (Fsp3) is 0.300. The first-order valence-electron chi connectivity index (χ1n) is 8.97. The molecule has 140 valence electrons. The Bertz CT molecular complexity index is 976. The number of hydrogen-bond donors (Lipinski definition) is 1. The molecular weight excluding hydrogens is 379 g/mol. The lowest BCUT2D eigenvalue weighted by Gasteiger charge is -2.21. The molecule has 1 fully saturated rings. The van der Waals surface area contributed by atoms with Crippen molar-refractivity contribution in [1.82, 2.24) is 14.7 Å². The molecule has 1 heterocycles.